The minimum Gasteiger partial charge on any atom is -0.326 e. The number of amides is 2. The summed E-state index contributed by atoms with van der Waals surface area (Å²) in [4.78, 5) is 23.1. The fourth-order valence-corrected chi connectivity index (χ4v) is 1.89. The molecule has 0 atom stereocenters. The molecule has 0 saturated carbocycles. The Balaban J connectivity index is 2.19. The maximum atomic E-state index is 13.7. The van der Waals surface area contributed by atoms with Crippen LogP contribution in [0.25, 0.3) is 0 Å². The Morgan fingerprint density at radius 3 is 2.33 bits per heavy atom. The van der Waals surface area contributed by atoms with Gasteiger partial charge in [-0.15, -0.1) is 0 Å². The second kappa shape index (κ2) is 6.17. The summed E-state index contributed by atoms with van der Waals surface area (Å²) < 4.78 is 13.7. The molecule has 0 unspecified atom stereocenters. The van der Waals surface area contributed by atoms with E-state index >= 15 is 0 Å². The van der Waals surface area contributed by atoms with Crippen LogP contribution in [-0.2, 0) is 4.79 Å². The van der Waals surface area contributed by atoms with Gasteiger partial charge >= 0.3 is 0 Å². The molecule has 2 aromatic rings. The Hall–Kier alpha value is -2.69. The van der Waals surface area contributed by atoms with E-state index in [1.807, 2.05) is 0 Å². The number of hydrogen-bond acceptors (Lipinski definition) is 2. The van der Waals surface area contributed by atoms with Crippen molar-refractivity contribution >= 4 is 23.2 Å². The molecule has 0 fully saturated rings. The molecule has 0 spiro atoms. The zero-order valence-electron chi connectivity index (χ0n) is 11.7. The van der Waals surface area contributed by atoms with Crippen LogP contribution in [0, 0.1) is 12.7 Å². The smallest absolute Gasteiger partial charge is 0.258 e. The Kier molecular flexibility index (Phi) is 4.33. The van der Waals surface area contributed by atoms with Crippen molar-refractivity contribution < 1.29 is 14.0 Å². The van der Waals surface area contributed by atoms with Gasteiger partial charge in [-0.1, -0.05) is 17.7 Å². The molecule has 0 aliphatic heterocycles. The molecule has 0 saturated heterocycles. The van der Waals surface area contributed by atoms with Crippen molar-refractivity contribution in [2.45, 2.75) is 13.8 Å². The van der Waals surface area contributed by atoms with E-state index < -0.39 is 11.7 Å². The van der Waals surface area contributed by atoms with Crippen LogP contribution in [0.15, 0.2) is 42.5 Å². The van der Waals surface area contributed by atoms with Crippen molar-refractivity contribution in [1.82, 2.24) is 0 Å². The standard InChI is InChI=1S/C16H15FN2O2/c1-10-6-7-15(17)14(8-10)16(21)19-13-5-3-4-12(9-13)18-11(2)20/h3-9H,1-2H3,(H,18,20)(H,19,21). The summed E-state index contributed by atoms with van der Waals surface area (Å²) in [6.45, 7) is 3.18. The van der Waals surface area contributed by atoms with E-state index in [1.165, 1.54) is 19.1 Å². The molecule has 0 bridgehead atoms. The van der Waals surface area contributed by atoms with E-state index in [4.69, 9.17) is 0 Å². The van der Waals surface area contributed by atoms with Gasteiger partial charge in [-0.3, -0.25) is 9.59 Å². The van der Waals surface area contributed by atoms with Crippen molar-refractivity contribution in [2.75, 3.05) is 10.6 Å². The minimum atomic E-state index is -0.573. The molecule has 2 aromatic carbocycles. The predicted molar refractivity (Wildman–Crippen MR) is 79.8 cm³/mol. The van der Waals surface area contributed by atoms with Crippen molar-refractivity contribution in [1.29, 1.82) is 0 Å². The van der Waals surface area contributed by atoms with Crippen LogP contribution in [0.4, 0.5) is 15.8 Å². The van der Waals surface area contributed by atoms with Crippen LogP contribution >= 0.6 is 0 Å². The lowest BCUT2D eigenvalue weighted by Crippen LogP contribution is -2.14. The predicted octanol–water partition coefficient (Wildman–Crippen LogP) is 3.34. The van der Waals surface area contributed by atoms with Crippen molar-refractivity contribution in [2.24, 2.45) is 0 Å². The first-order valence-electron chi connectivity index (χ1n) is 6.41. The van der Waals surface area contributed by atoms with E-state index in [2.05, 4.69) is 10.6 Å². The quantitative estimate of drug-likeness (QED) is 0.909. The van der Waals surface area contributed by atoms with Gasteiger partial charge in [0.05, 0.1) is 5.56 Å². The van der Waals surface area contributed by atoms with Gasteiger partial charge < -0.3 is 10.6 Å². The fourth-order valence-electron chi connectivity index (χ4n) is 1.89. The summed E-state index contributed by atoms with van der Waals surface area (Å²) in [6, 6.07) is 11.0. The normalized spacial score (nSPS) is 10.0. The monoisotopic (exact) mass is 286 g/mol. The highest BCUT2D eigenvalue weighted by atomic mass is 19.1. The van der Waals surface area contributed by atoms with Crippen molar-refractivity contribution in [3.63, 3.8) is 0 Å². The number of rotatable bonds is 3. The third-order valence-electron chi connectivity index (χ3n) is 2.81. The molecule has 0 heterocycles. The molecule has 2 amide bonds. The fraction of sp³-hybridized carbons (Fsp3) is 0.125. The molecule has 2 rings (SSSR count). The summed E-state index contributed by atoms with van der Waals surface area (Å²) in [7, 11) is 0. The summed E-state index contributed by atoms with van der Waals surface area (Å²) >= 11 is 0. The second-order valence-electron chi connectivity index (χ2n) is 4.70. The second-order valence-corrected chi connectivity index (χ2v) is 4.70. The number of halogens is 1. The van der Waals surface area contributed by atoms with Gasteiger partial charge in [0, 0.05) is 18.3 Å². The van der Waals surface area contributed by atoms with Crippen LogP contribution in [0.1, 0.15) is 22.8 Å². The van der Waals surface area contributed by atoms with Crippen molar-refractivity contribution in [3.05, 3.63) is 59.4 Å². The highest BCUT2D eigenvalue weighted by Gasteiger charge is 2.12. The average molecular weight is 286 g/mol. The molecule has 4 nitrogen and oxygen atoms in total. The Morgan fingerprint density at radius 1 is 1.00 bits per heavy atom. The zero-order valence-corrected chi connectivity index (χ0v) is 11.7. The van der Waals surface area contributed by atoms with Gasteiger partial charge in [-0.25, -0.2) is 4.39 Å². The third kappa shape index (κ3) is 3.89. The molecule has 0 aliphatic carbocycles. The topological polar surface area (TPSA) is 58.2 Å². The first-order valence-corrected chi connectivity index (χ1v) is 6.41. The molecule has 0 radical (unpaired) electrons. The molecule has 21 heavy (non-hydrogen) atoms. The minimum absolute atomic E-state index is 0.0140. The summed E-state index contributed by atoms with van der Waals surface area (Å²) in [6.07, 6.45) is 0. The molecule has 0 aromatic heterocycles. The number of hydrogen-bond donors (Lipinski definition) is 2. The van der Waals surface area contributed by atoms with Crippen LogP contribution in [0.3, 0.4) is 0 Å². The Bertz CT molecular complexity index is 698. The SMILES string of the molecule is CC(=O)Nc1cccc(NC(=O)c2cc(C)ccc2F)c1. The average Bonchev–Trinajstić information content (AvgIpc) is 2.41. The van der Waals surface area contributed by atoms with Crippen LogP contribution in [-0.4, -0.2) is 11.8 Å². The molecule has 2 N–H and O–H groups in total. The Labute approximate surface area is 122 Å². The highest BCUT2D eigenvalue weighted by molar-refractivity contribution is 6.05. The summed E-state index contributed by atoms with van der Waals surface area (Å²) in [5, 5.41) is 5.22. The van der Waals surface area contributed by atoms with Gasteiger partial charge in [0.25, 0.3) is 5.91 Å². The van der Waals surface area contributed by atoms with Crippen LogP contribution in [0.5, 0.6) is 0 Å². The largest absolute Gasteiger partial charge is 0.326 e. The molecular weight excluding hydrogens is 271 g/mol. The summed E-state index contributed by atoms with van der Waals surface area (Å²) in [5.41, 5.74) is 1.82. The molecule has 5 heteroatoms. The number of nitrogens with one attached hydrogen (secondary N) is 2. The van der Waals surface area contributed by atoms with E-state index in [-0.39, 0.29) is 11.5 Å². The maximum absolute atomic E-state index is 13.7. The Morgan fingerprint density at radius 2 is 1.67 bits per heavy atom. The molecular formula is C16H15FN2O2. The molecule has 0 aliphatic rings. The maximum Gasteiger partial charge on any atom is 0.258 e. The van der Waals surface area contributed by atoms with E-state index in [9.17, 15) is 14.0 Å². The lowest BCUT2D eigenvalue weighted by Gasteiger charge is -2.09. The van der Waals surface area contributed by atoms with E-state index in [0.29, 0.717) is 11.4 Å². The number of anilines is 2. The van der Waals surface area contributed by atoms with Gasteiger partial charge in [-0.05, 0) is 37.3 Å². The van der Waals surface area contributed by atoms with Crippen molar-refractivity contribution in [3.8, 4) is 0 Å². The van der Waals surface area contributed by atoms with Gasteiger partial charge in [0.1, 0.15) is 5.82 Å². The lowest BCUT2D eigenvalue weighted by molar-refractivity contribution is -0.114. The lowest BCUT2D eigenvalue weighted by atomic mass is 10.1. The molecule has 108 valence electrons. The first kappa shape index (κ1) is 14.7. The van der Waals surface area contributed by atoms with Gasteiger partial charge in [-0.2, -0.15) is 0 Å². The van der Waals surface area contributed by atoms with Gasteiger partial charge in [0.15, 0.2) is 0 Å². The van der Waals surface area contributed by atoms with E-state index in [0.717, 1.165) is 5.56 Å². The highest BCUT2D eigenvalue weighted by Crippen LogP contribution is 2.17. The number of benzene rings is 2. The third-order valence-corrected chi connectivity index (χ3v) is 2.81. The summed E-state index contributed by atoms with van der Waals surface area (Å²) in [5.74, 6) is -1.31. The van der Waals surface area contributed by atoms with E-state index in [1.54, 1.807) is 37.3 Å². The number of carbonyl (C=O) groups is 2. The number of aryl methyl sites for hydroxylation is 1. The zero-order chi connectivity index (χ0) is 15.4. The van der Waals surface area contributed by atoms with Crippen LogP contribution < -0.4 is 10.6 Å². The first-order chi connectivity index (χ1) is 9.95. The number of carbonyl (C=O) groups excluding carboxylic acids is 2. The van der Waals surface area contributed by atoms with Crippen LogP contribution in [0.2, 0.25) is 0 Å². The van der Waals surface area contributed by atoms with Gasteiger partial charge in [0.2, 0.25) is 5.91 Å².